The van der Waals surface area contributed by atoms with Gasteiger partial charge < -0.3 is 19.1 Å². The fourth-order valence-corrected chi connectivity index (χ4v) is 6.52. The summed E-state index contributed by atoms with van der Waals surface area (Å²) < 4.78 is 58.2. The molecule has 5 rings (SSSR count). The van der Waals surface area contributed by atoms with E-state index in [2.05, 4.69) is 4.74 Å². The van der Waals surface area contributed by atoms with Crippen LogP contribution >= 0.6 is 23.4 Å². The monoisotopic (exact) mass is 651 g/mol. The Hall–Kier alpha value is -4.17. The molecule has 3 heterocycles. The van der Waals surface area contributed by atoms with E-state index < -0.39 is 72.0 Å². The van der Waals surface area contributed by atoms with Gasteiger partial charge in [0.05, 0.1) is 12.7 Å². The van der Waals surface area contributed by atoms with E-state index in [0.29, 0.717) is 26.8 Å². The lowest BCUT2D eigenvalue weighted by molar-refractivity contribution is -0.173. The van der Waals surface area contributed by atoms with Crippen molar-refractivity contribution >= 4 is 41.2 Å². The van der Waals surface area contributed by atoms with Crippen LogP contribution in [0.3, 0.4) is 0 Å². The number of amides is 1. The van der Waals surface area contributed by atoms with Crippen LogP contribution in [0.15, 0.2) is 58.4 Å². The molecule has 1 amide bonds. The number of fused-ring (bicyclic) bond motifs is 3. The van der Waals surface area contributed by atoms with Crippen molar-refractivity contribution < 1.29 is 41.8 Å². The Morgan fingerprint density at radius 1 is 1.14 bits per heavy atom. The Morgan fingerprint density at radius 3 is 2.55 bits per heavy atom. The van der Waals surface area contributed by atoms with Crippen LogP contribution in [0.5, 0.6) is 5.75 Å². The lowest BCUT2D eigenvalue weighted by Gasteiger charge is -2.46. The summed E-state index contributed by atoms with van der Waals surface area (Å²) in [6.07, 6.45) is -4.91. The van der Waals surface area contributed by atoms with E-state index in [1.807, 2.05) is 18.2 Å². The van der Waals surface area contributed by atoms with E-state index in [1.54, 1.807) is 24.3 Å². The second-order valence-corrected chi connectivity index (χ2v) is 11.4. The number of aromatic nitrogens is 1. The largest absolute Gasteiger partial charge is 0.510 e. The summed E-state index contributed by atoms with van der Waals surface area (Å²) in [5, 5.41) is 1.77. The first kappa shape index (κ1) is 31.3. The molecule has 0 spiro atoms. The number of Topliss-reactive ketones (excluding diaryl/α,β-unsaturated/α-hetero) is 1. The molecule has 0 fully saturated rings. The van der Waals surface area contributed by atoms with E-state index >= 15 is 0 Å². The van der Waals surface area contributed by atoms with Gasteiger partial charge in [0.15, 0.2) is 11.5 Å². The van der Waals surface area contributed by atoms with Crippen molar-refractivity contribution in [3.63, 3.8) is 0 Å². The minimum atomic E-state index is -4.84. The molecule has 1 aromatic heterocycles. The van der Waals surface area contributed by atoms with Gasteiger partial charge in [-0.25, -0.2) is 4.79 Å². The number of hydrogen-bond donors (Lipinski definition) is 0. The number of pyridine rings is 1. The summed E-state index contributed by atoms with van der Waals surface area (Å²) in [5.41, 5.74) is -0.0306. The van der Waals surface area contributed by atoms with Gasteiger partial charge in [0.25, 0.3) is 5.91 Å². The topological polar surface area (TPSA) is 107 Å². The van der Waals surface area contributed by atoms with Crippen LogP contribution in [0.2, 0.25) is 5.02 Å². The van der Waals surface area contributed by atoms with Crippen LogP contribution in [0.1, 0.15) is 57.4 Å². The number of halogens is 4. The Bertz CT molecular complexity index is 1710. The number of methoxy groups -OCH3 is 1. The summed E-state index contributed by atoms with van der Waals surface area (Å²) in [7, 11) is 1.03. The Balaban J connectivity index is 1.82. The molecule has 0 radical (unpaired) electrons. The van der Waals surface area contributed by atoms with Crippen LogP contribution < -0.4 is 15.2 Å². The zero-order valence-electron chi connectivity index (χ0n) is 23.5. The zero-order chi connectivity index (χ0) is 31.9. The quantitative estimate of drug-likeness (QED) is 0.193. The van der Waals surface area contributed by atoms with Gasteiger partial charge in [-0.15, -0.1) is 11.8 Å². The highest BCUT2D eigenvalue weighted by molar-refractivity contribution is 7.98. The first-order valence-electron chi connectivity index (χ1n) is 13.1. The number of carbonyl (C=O) groups excluding carboxylic acids is 3. The van der Waals surface area contributed by atoms with Crippen molar-refractivity contribution in [1.29, 1.82) is 0 Å². The summed E-state index contributed by atoms with van der Waals surface area (Å²) in [5.74, 6) is -2.17. The number of nitrogens with zero attached hydrogens (tertiary/aromatic N) is 3. The smallest absolute Gasteiger partial charge is 0.451 e. The first-order chi connectivity index (χ1) is 20.8. The lowest BCUT2D eigenvalue weighted by atomic mass is 9.94. The highest BCUT2D eigenvalue weighted by Crippen LogP contribution is 2.45. The lowest BCUT2D eigenvalue weighted by Crippen LogP contribution is -2.60. The Labute approximate surface area is 258 Å². The number of ketones is 1. The van der Waals surface area contributed by atoms with Crippen molar-refractivity contribution in [2.24, 2.45) is 0 Å². The van der Waals surface area contributed by atoms with E-state index in [4.69, 9.17) is 21.1 Å². The minimum absolute atomic E-state index is 0.328. The molecule has 0 saturated carbocycles. The second kappa shape index (κ2) is 12.1. The molecule has 0 aliphatic carbocycles. The SMILES string of the molecule is COC(=O)OCOc1c2n(cc(C(C)=O)c1=O)N([C@@H]1c3ccccc3SCc3cccc(Cl)c31)CN([C@H](C)C(F)(F)F)C2=O. The number of rotatable bonds is 6. The third-order valence-corrected chi connectivity index (χ3v) is 8.83. The normalized spacial score (nSPS) is 16.7. The molecule has 232 valence electrons. The molecular formula is C29H25ClF3N3O7S. The fourth-order valence-electron chi connectivity index (χ4n) is 5.14. The third kappa shape index (κ3) is 5.59. The van der Waals surface area contributed by atoms with Gasteiger partial charge in [-0.3, -0.25) is 24.1 Å². The molecule has 2 aliphatic heterocycles. The third-order valence-electron chi connectivity index (χ3n) is 7.36. The van der Waals surface area contributed by atoms with Crippen LogP contribution in [-0.2, 0) is 15.2 Å². The van der Waals surface area contributed by atoms with Gasteiger partial charge in [0, 0.05) is 27.4 Å². The maximum Gasteiger partial charge on any atom is 0.510 e. The number of thioether (sulfide) groups is 1. The molecule has 0 saturated heterocycles. The van der Waals surface area contributed by atoms with Gasteiger partial charge in [-0.1, -0.05) is 41.9 Å². The number of benzene rings is 2. The molecular weight excluding hydrogens is 627 g/mol. The Kier molecular flexibility index (Phi) is 8.58. The van der Waals surface area contributed by atoms with E-state index in [0.717, 1.165) is 42.3 Å². The van der Waals surface area contributed by atoms with Crippen molar-refractivity contribution in [3.8, 4) is 5.75 Å². The summed E-state index contributed by atoms with van der Waals surface area (Å²) >= 11 is 8.28. The molecule has 44 heavy (non-hydrogen) atoms. The molecule has 0 bridgehead atoms. The predicted octanol–water partition coefficient (Wildman–Crippen LogP) is 5.52. The number of carbonyl (C=O) groups is 3. The fraction of sp³-hybridized carbons (Fsp3) is 0.310. The molecule has 10 nitrogen and oxygen atoms in total. The average molecular weight is 652 g/mol. The Morgan fingerprint density at radius 2 is 1.86 bits per heavy atom. The maximum absolute atomic E-state index is 14.2. The standard InChI is InChI=1S/C29H25ClF3N3O7S/c1-15(37)19-11-35-24(26(25(19)38)42-14-43-28(40)41-3)27(39)34(16(2)29(31,32)33)13-36(35)23-18-8-4-5-10-21(18)44-12-17-7-6-9-20(30)22(17)23/h4-11,16,23H,12-14H2,1-3H3/t16-,23-/m1/s1. The van der Waals surface area contributed by atoms with Gasteiger partial charge in [0.2, 0.25) is 18.0 Å². The molecule has 2 aliphatic rings. The molecule has 15 heteroatoms. The summed E-state index contributed by atoms with van der Waals surface area (Å²) in [6.45, 7) is 0.400. The summed E-state index contributed by atoms with van der Waals surface area (Å²) in [4.78, 5) is 52.9. The van der Waals surface area contributed by atoms with Gasteiger partial charge in [-0.05, 0) is 37.1 Å². The molecule has 0 unspecified atom stereocenters. The molecule has 2 aromatic carbocycles. The van der Waals surface area contributed by atoms with Crippen molar-refractivity contribution in [2.45, 2.75) is 42.8 Å². The molecule has 2 atom stereocenters. The minimum Gasteiger partial charge on any atom is -0.451 e. The van der Waals surface area contributed by atoms with E-state index in [-0.39, 0.29) is 0 Å². The molecule has 0 N–H and O–H groups in total. The van der Waals surface area contributed by atoms with Crippen molar-refractivity contribution in [1.82, 2.24) is 9.58 Å². The predicted molar refractivity (Wildman–Crippen MR) is 154 cm³/mol. The summed E-state index contributed by atoms with van der Waals surface area (Å²) in [6, 6.07) is 9.34. The van der Waals surface area contributed by atoms with E-state index in [1.165, 1.54) is 16.8 Å². The van der Waals surface area contributed by atoms with Gasteiger partial charge in [0.1, 0.15) is 18.8 Å². The van der Waals surface area contributed by atoms with Gasteiger partial charge >= 0.3 is 12.3 Å². The zero-order valence-corrected chi connectivity index (χ0v) is 25.1. The van der Waals surface area contributed by atoms with Crippen LogP contribution in [0.4, 0.5) is 18.0 Å². The number of ether oxygens (including phenoxy) is 3. The highest BCUT2D eigenvalue weighted by Gasteiger charge is 2.48. The first-order valence-corrected chi connectivity index (χ1v) is 14.5. The van der Waals surface area contributed by atoms with Crippen LogP contribution in [0, 0.1) is 0 Å². The second-order valence-electron chi connectivity index (χ2n) is 9.93. The highest BCUT2D eigenvalue weighted by atomic mass is 35.5. The average Bonchev–Trinajstić information content (AvgIpc) is 3.15. The van der Waals surface area contributed by atoms with E-state index in [9.17, 15) is 32.3 Å². The number of hydrogen-bond acceptors (Lipinski definition) is 9. The van der Waals surface area contributed by atoms with Crippen LogP contribution in [-0.4, -0.2) is 60.2 Å². The number of alkyl halides is 3. The van der Waals surface area contributed by atoms with Crippen molar-refractivity contribution in [2.75, 3.05) is 25.6 Å². The van der Waals surface area contributed by atoms with Crippen molar-refractivity contribution in [3.05, 3.63) is 91.9 Å². The molecule has 3 aromatic rings. The maximum atomic E-state index is 14.2. The van der Waals surface area contributed by atoms with Gasteiger partial charge in [-0.2, -0.15) is 13.2 Å². The van der Waals surface area contributed by atoms with Crippen LogP contribution in [0.25, 0.3) is 0 Å².